The van der Waals surface area contributed by atoms with E-state index in [1.54, 1.807) is 33.8 Å². The van der Waals surface area contributed by atoms with Gasteiger partial charge < -0.3 is 4.74 Å². The second-order valence-corrected chi connectivity index (χ2v) is 12.9. The molecule has 0 aromatic heterocycles. The number of nitrogens with zero attached hydrogens (tertiary/aromatic N) is 1. The van der Waals surface area contributed by atoms with Crippen molar-refractivity contribution in [2.24, 2.45) is 0 Å². The zero-order valence-electron chi connectivity index (χ0n) is 15.0. The molecule has 0 heterocycles. The molecule has 0 fully saturated rings. The summed E-state index contributed by atoms with van der Waals surface area (Å²) in [4.78, 5) is 26.4. The fourth-order valence-corrected chi connectivity index (χ4v) is 4.10. The molecule has 0 atom stereocenters. The van der Waals surface area contributed by atoms with Crippen LogP contribution in [0.2, 0.25) is 24.7 Å². The highest BCUT2D eigenvalue weighted by Crippen LogP contribution is 2.20. The highest BCUT2D eigenvalue weighted by atomic mass is 35.5. The summed E-state index contributed by atoms with van der Waals surface area (Å²) in [6.45, 7) is 13.7. The minimum Gasteiger partial charge on any atom is -0.443 e. The van der Waals surface area contributed by atoms with E-state index in [2.05, 4.69) is 19.6 Å². The van der Waals surface area contributed by atoms with E-state index in [1.807, 2.05) is 12.1 Å². The maximum Gasteiger partial charge on any atom is 0.417 e. The van der Waals surface area contributed by atoms with Crippen LogP contribution in [0.4, 0.5) is 4.79 Å². The van der Waals surface area contributed by atoms with Crippen molar-refractivity contribution >= 4 is 36.9 Å². The van der Waals surface area contributed by atoms with Gasteiger partial charge >= 0.3 is 6.09 Å². The van der Waals surface area contributed by atoms with Gasteiger partial charge in [0.05, 0.1) is 18.7 Å². The molecule has 1 rings (SSSR count). The van der Waals surface area contributed by atoms with Crippen molar-refractivity contribution in [3.63, 3.8) is 0 Å². The average Bonchev–Trinajstić information content (AvgIpc) is 2.35. The molecular formula is C17H26ClNO3Si. The molecular weight excluding hydrogens is 330 g/mol. The topological polar surface area (TPSA) is 46.6 Å². The van der Waals surface area contributed by atoms with Crippen molar-refractivity contribution in [1.82, 2.24) is 4.90 Å². The van der Waals surface area contributed by atoms with E-state index < -0.39 is 25.7 Å². The number of amides is 2. The van der Waals surface area contributed by atoms with E-state index in [-0.39, 0.29) is 6.54 Å². The van der Waals surface area contributed by atoms with Crippen LogP contribution in [-0.2, 0) is 4.74 Å². The molecule has 128 valence electrons. The number of carbonyl (C=O) groups is 2. The van der Waals surface area contributed by atoms with E-state index in [9.17, 15) is 9.59 Å². The van der Waals surface area contributed by atoms with Gasteiger partial charge in [0.15, 0.2) is 0 Å². The van der Waals surface area contributed by atoms with Crippen molar-refractivity contribution in [3.8, 4) is 0 Å². The summed E-state index contributed by atoms with van der Waals surface area (Å²) in [5, 5.41) is 1.31. The second kappa shape index (κ2) is 7.05. The minimum atomic E-state index is -1.80. The van der Waals surface area contributed by atoms with Crippen LogP contribution in [0, 0.1) is 0 Å². The monoisotopic (exact) mass is 355 g/mol. The Hall–Kier alpha value is -1.33. The predicted molar refractivity (Wildman–Crippen MR) is 97.4 cm³/mol. The fourth-order valence-electron chi connectivity index (χ4n) is 2.17. The number of benzene rings is 1. The molecule has 0 aliphatic heterocycles. The van der Waals surface area contributed by atoms with Gasteiger partial charge in [0, 0.05) is 6.54 Å². The Labute approximate surface area is 144 Å². The molecule has 0 bridgehead atoms. The third-order valence-corrected chi connectivity index (χ3v) is 5.56. The summed E-state index contributed by atoms with van der Waals surface area (Å²) in [5.41, 5.74) is -0.242. The molecule has 4 nitrogen and oxygen atoms in total. The molecule has 1 aromatic rings. The van der Waals surface area contributed by atoms with Crippen molar-refractivity contribution in [2.75, 3.05) is 6.54 Å². The third-order valence-electron chi connectivity index (χ3n) is 3.21. The Morgan fingerprint density at radius 2 is 1.78 bits per heavy atom. The number of ether oxygens (including phenoxy) is 1. The first-order chi connectivity index (χ1) is 10.4. The lowest BCUT2D eigenvalue weighted by Gasteiger charge is -2.28. The molecule has 2 amide bonds. The molecule has 0 aliphatic rings. The van der Waals surface area contributed by atoms with Crippen LogP contribution < -0.4 is 5.19 Å². The van der Waals surface area contributed by atoms with Crippen LogP contribution >= 0.6 is 11.6 Å². The molecule has 0 unspecified atom stereocenters. The quantitative estimate of drug-likeness (QED) is 0.760. The van der Waals surface area contributed by atoms with Crippen LogP contribution in [0.15, 0.2) is 18.2 Å². The third kappa shape index (κ3) is 5.08. The van der Waals surface area contributed by atoms with E-state index in [4.69, 9.17) is 16.3 Å². The van der Waals surface area contributed by atoms with Crippen molar-refractivity contribution in [3.05, 3.63) is 28.8 Å². The molecule has 1 aromatic carbocycles. The Morgan fingerprint density at radius 1 is 1.22 bits per heavy atom. The SMILES string of the molecule is CCN(C(=O)OC(C)(C)C)C(=O)c1c(Cl)cccc1[Si](C)(C)C. The molecule has 6 heteroatoms. The van der Waals surface area contributed by atoms with E-state index in [0.29, 0.717) is 10.6 Å². The first kappa shape index (κ1) is 19.7. The summed E-state index contributed by atoms with van der Waals surface area (Å²) in [6.07, 6.45) is -0.647. The summed E-state index contributed by atoms with van der Waals surface area (Å²) in [6, 6.07) is 5.45. The van der Waals surface area contributed by atoms with Gasteiger partial charge in [-0.2, -0.15) is 0 Å². The van der Waals surface area contributed by atoms with E-state index in [1.165, 1.54) is 0 Å². The van der Waals surface area contributed by atoms with Crippen molar-refractivity contribution < 1.29 is 14.3 Å². The molecule has 0 saturated heterocycles. The Kier molecular flexibility index (Phi) is 6.04. The lowest BCUT2D eigenvalue weighted by Crippen LogP contribution is -2.47. The van der Waals surface area contributed by atoms with Crippen LogP contribution in [0.25, 0.3) is 0 Å². The van der Waals surface area contributed by atoms with Gasteiger partial charge in [-0.3, -0.25) is 4.79 Å². The van der Waals surface area contributed by atoms with Gasteiger partial charge in [-0.25, -0.2) is 9.69 Å². The molecule has 0 N–H and O–H groups in total. The minimum absolute atomic E-state index is 0.226. The van der Waals surface area contributed by atoms with Crippen LogP contribution in [-0.4, -0.2) is 37.1 Å². The number of hydrogen-bond donors (Lipinski definition) is 0. The molecule has 0 spiro atoms. The average molecular weight is 356 g/mol. The molecule has 23 heavy (non-hydrogen) atoms. The maximum absolute atomic E-state index is 13.0. The van der Waals surface area contributed by atoms with Gasteiger partial charge in [-0.1, -0.05) is 43.4 Å². The summed E-state index contributed by atoms with van der Waals surface area (Å²) < 4.78 is 5.33. The van der Waals surface area contributed by atoms with Crippen LogP contribution in [0.1, 0.15) is 38.1 Å². The summed E-state index contributed by atoms with van der Waals surface area (Å²) >= 11 is 6.29. The van der Waals surface area contributed by atoms with Gasteiger partial charge in [-0.15, -0.1) is 0 Å². The number of carbonyl (C=O) groups excluding carboxylic acids is 2. The normalized spacial score (nSPS) is 12.0. The highest BCUT2D eigenvalue weighted by Gasteiger charge is 2.32. The number of imide groups is 1. The number of hydrogen-bond acceptors (Lipinski definition) is 3. The van der Waals surface area contributed by atoms with Crippen molar-refractivity contribution in [2.45, 2.75) is 52.9 Å². The summed E-state index contributed by atoms with van der Waals surface area (Å²) in [7, 11) is -1.80. The first-order valence-corrected chi connectivity index (χ1v) is 11.6. The zero-order valence-corrected chi connectivity index (χ0v) is 16.7. The second-order valence-electron chi connectivity index (χ2n) is 7.44. The highest BCUT2D eigenvalue weighted by molar-refractivity contribution is 6.89. The Balaban J connectivity index is 3.30. The van der Waals surface area contributed by atoms with Gasteiger partial charge in [-0.05, 0) is 38.9 Å². The standard InChI is InChI=1S/C17H26ClNO3Si/c1-8-19(16(21)22-17(2,3)4)15(20)14-12(18)10-9-11-13(14)23(5,6)7/h9-11H,8H2,1-7H3. The number of rotatable bonds is 3. The first-order valence-electron chi connectivity index (χ1n) is 7.72. The van der Waals surface area contributed by atoms with E-state index >= 15 is 0 Å². The van der Waals surface area contributed by atoms with Gasteiger partial charge in [0.2, 0.25) is 0 Å². The maximum atomic E-state index is 13.0. The summed E-state index contributed by atoms with van der Waals surface area (Å²) in [5.74, 6) is -0.398. The van der Waals surface area contributed by atoms with E-state index in [0.717, 1.165) is 10.1 Å². The Morgan fingerprint density at radius 3 is 2.22 bits per heavy atom. The fraction of sp³-hybridized carbons (Fsp3) is 0.529. The van der Waals surface area contributed by atoms with Crippen molar-refractivity contribution in [1.29, 1.82) is 0 Å². The Bertz CT molecular complexity index is 603. The smallest absolute Gasteiger partial charge is 0.417 e. The number of halogens is 1. The van der Waals surface area contributed by atoms with Crippen LogP contribution in [0.5, 0.6) is 0 Å². The van der Waals surface area contributed by atoms with Gasteiger partial charge in [0.1, 0.15) is 5.60 Å². The molecule has 0 saturated carbocycles. The molecule has 0 aliphatic carbocycles. The lowest BCUT2D eigenvalue weighted by atomic mass is 10.2. The van der Waals surface area contributed by atoms with Gasteiger partial charge in [0.25, 0.3) is 5.91 Å². The lowest BCUT2D eigenvalue weighted by molar-refractivity contribution is 0.0251. The largest absolute Gasteiger partial charge is 0.443 e. The zero-order chi connectivity index (χ0) is 18.0. The molecule has 0 radical (unpaired) electrons. The van der Waals surface area contributed by atoms with Crippen LogP contribution in [0.3, 0.4) is 0 Å². The predicted octanol–water partition coefficient (Wildman–Crippen LogP) is 4.28.